The molecule has 0 bridgehead atoms. The highest BCUT2D eigenvalue weighted by Gasteiger charge is 2.09. The number of primary sulfonamides is 1. The van der Waals surface area contributed by atoms with Gasteiger partial charge < -0.3 is 5.32 Å². The second-order valence-electron chi connectivity index (χ2n) is 5.98. The van der Waals surface area contributed by atoms with E-state index in [1.54, 1.807) is 36.4 Å². The van der Waals surface area contributed by atoms with Gasteiger partial charge in [-0.2, -0.15) is 0 Å². The van der Waals surface area contributed by atoms with Gasteiger partial charge in [-0.3, -0.25) is 14.2 Å². The average molecular weight is 386 g/mol. The molecule has 3 N–H and O–H groups in total. The van der Waals surface area contributed by atoms with Crippen molar-refractivity contribution < 1.29 is 13.2 Å². The number of amides is 1. The van der Waals surface area contributed by atoms with Crippen LogP contribution in [0.3, 0.4) is 0 Å². The highest BCUT2D eigenvalue weighted by atomic mass is 32.2. The van der Waals surface area contributed by atoms with Gasteiger partial charge in [0.05, 0.1) is 22.1 Å². The molecule has 3 aromatic rings. The second-order valence-corrected chi connectivity index (χ2v) is 7.55. The van der Waals surface area contributed by atoms with Gasteiger partial charge in [0.2, 0.25) is 15.9 Å². The van der Waals surface area contributed by atoms with E-state index in [-0.39, 0.29) is 22.9 Å². The molecule has 27 heavy (non-hydrogen) atoms. The molecule has 1 aromatic heterocycles. The Labute approximate surface area is 155 Å². The summed E-state index contributed by atoms with van der Waals surface area (Å²) in [5.41, 5.74) is 1.17. The van der Waals surface area contributed by atoms with Crippen LogP contribution in [0.5, 0.6) is 0 Å². The first kappa shape index (κ1) is 18.7. The molecule has 140 valence electrons. The normalized spacial score (nSPS) is 11.4. The minimum Gasteiger partial charge on any atom is -0.354 e. The summed E-state index contributed by atoms with van der Waals surface area (Å²) >= 11 is 0. The van der Waals surface area contributed by atoms with Crippen molar-refractivity contribution in [2.24, 2.45) is 5.14 Å². The van der Waals surface area contributed by atoms with Crippen LogP contribution in [0.1, 0.15) is 5.56 Å². The molecule has 0 atom stereocenters. The molecule has 9 heteroatoms. The molecular formula is C18H18N4O4S. The standard InChI is InChI=1S/C18H18N4O4S/c19-27(25,26)14-7-5-13(6-8-14)9-10-20-17(23)11-22-12-21-16-4-2-1-3-15(16)18(22)24/h1-8,12H,9-11H2,(H,20,23)(H2,19,25,26). The monoisotopic (exact) mass is 386 g/mol. The molecule has 1 amide bonds. The highest BCUT2D eigenvalue weighted by molar-refractivity contribution is 7.89. The molecular weight excluding hydrogens is 368 g/mol. The lowest BCUT2D eigenvalue weighted by Gasteiger charge is -2.08. The fraction of sp³-hybridized carbons (Fsp3) is 0.167. The number of nitrogens with two attached hydrogens (primary N) is 1. The van der Waals surface area contributed by atoms with E-state index in [4.69, 9.17) is 5.14 Å². The molecule has 0 aliphatic rings. The number of sulfonamides is 1. The Morgan fingerprint density at radius 1 is 1.11 bits per heavy atom. The minimum absolute atomic E-state index is 0.0402. The third-order valence-corrected chi connectivity index (χ3v) is 4.96. The van der Waals surface area contributed by atoms with Crippen molar-refractivity contribution in [1.82, 2.24) is 14.9 Å². The number of carbonyl (C=O) groups is 1. The maximum Gasteiger partial charge on any atom is 0.261 e. The fourth-order valence-electron chi connectivity index (χ4n) is 2.62. The van der Waals surface area contributed by atoms with Gasteiger partial charge >= 0.3 is 0 Å². The van der Waals surface area contributed by atoms with E-state index in [9.17, 15) is 18.0 Å². The molecule has 3 rings (SSSR count). The number of fused-ring (bicyclic) bond motifs is 1. The van der Waals surface area contributed by atoms with Crippen molar-refractivity contribution in [3.8, 4) is 0 Å². The van der Waals surface area contributed by atoms with Crippen molar-refractivity contribution in [2.45, 2.75) is 17.9 Å². The van der Waals surface area contributed by atoms with Gasteiger partial charge in [0.1, 0.15) is 6.54 Å². The highest BCUT2D eigenvalue weighted by Crippen LogP contribution is 2.09. The number of aromatic nitrogens is 2. The fourth-order valence-corrected chi connectivity index (χ4v) is 3.14. The molecule has 0 unspecified atom stereocenters. The van der Waals surface area contributed by atoms with Crippen LogP contribution in [0.2, 0.25) is 0 Å². The van der Waals surface area contributed by atoms with E-state index in [0.29, 0.717) is 23.9 Å². The maximum absolute atomic E-state index is 12.4. The molecule has 0 spiro atoms. The maximum atomic E-state index is 12.4. The van der Waals surface area contributed by atoms with Crippen LogP contribution in [0, 0.1) is 0 Å². The Morgan fingerprint density at radius 3 is 2.52 bits per heavy atom. The topological polar surface area (TPSA) is 124 Å². The third kappa shape index (κ3) is 4.57. The van der Waals surface area contributed by atoms with Crippen LogP contribution >= 0.6 is 0 Å². The van der Waals surface area contributed by atoms with Gasteiger partial charge in [-0.25, -0.2) is 18.5 Å². The summed E-state index contributed by atoms with van der Waals surface area (Å²) in [5, 5.41) is 8.24. The van der Waals surface area contributed by atoms with Crippen LogP contribution in [-0.4, -0.2) is 30.4 Å². The van der Waals surface area contributed by atoms with Gasteiger partial charge in [-0.1, -0.05) is 24.3 Å². The molecule has 0 saturated heterocycles. The number of nitrogens with zero attached hydrogens (tertiary/aromatic N) is 2. The third-order valence-electron chi connectivity index (χ3n) is 4.03. The van der Waals surface area contributed by atoms with E-state index in [0.717, 1.165) is 5.56 Å². The van der Waals surface area contributed by atoms with Crippen molar-refractivity contribution in [1.29, 1.82) is 0 Å². The number of rotatable bonds is 6. The van der Waals surface area contributed by atoms with Gasteiger partial charge in [0.15, 0.2) is 0 Å². The van der Waals surface area contributed by atoms with Crippen LogP contribution in [0.4, 0.5) is 0 Å². The smallest absolute Gasteiger partial charge is 0.261 e. The number of para-hydroxylation sites is 1. The van der Waals surface area contributed by atoms with Crippen molar-refractivity contribution in [2.75, 3.05) is 6.54 Å². The Bertz CT molecular complexity index is 1140. The zero-order valence-electron chi connectivity index (χ0n) is 14.3. The lowest BCUT2D eigenvalue weighted by atomic mass is 10.1. The summed E-state index contributed by atoms with van der Waals surface area (Å²) in [4.78, 5) is 28.7. The van der Waals surface area contributed by atoms with Crippen LogP contribution in [0.25, 0.3) is 10.9 Å². The Balaban J connectivity index is 1.57. The predicted molar refractivity (Wildman–Crippen MR) is 101 cm³/mol. The summed E-state index contributed by atoms with van der Waals surface area (Å²) in [6.45, 7) is 0.227. The summed E-state index contributed by atoms with van der Waals surface area (Å²) in [6, 6.07) is 13.1. The average Bonchev–Trinajstić information content (AvgIpc) is 2.64. The summed E-state index contributed by atoms with van der Waals surface area (Å²) in [6.07, 6.45) is 1.87. The zero-order valence-corrected chi connectivity index (χ0v) is 15.1. The lowest BCUT2D eigenvalue weighted by Crippen LogP contribution is -2.33. The van der Waals surface area contributed by atoms with Crippen LogP contribution < -0.4 is 16.0 Å². The van der Waals surface area contributed by atoms with Crippen LogP contribution in [0.15, 0.2) is 64.5 Å². The number of hydrogen-bond donors (Lipinski definition) is 2. The quantitative estimate of drug-likeness (QED) is 0.635. The number of nitrogens with one attached hydrogen (secondary N) is 1. The van der Waals surface area contributed by atoms with Gasteiger partial charge in [-0.05, 0) is 36.2 Å². The first-order valence-electron chi connectivity index (χ1n) is 8.17. The van der Waals surface area contributed by atoms with E-state index in [1.165, 1.54) is 23.0 Å². The largest absolute Gasteiger partial charge is 0.354 e. The van der Waals surface area contributed by atoms with Crippen molar-refractivity contribution in [3.05, 3.63) is 70.8 Å². The SMILES string of the molecule is NS(=O)(=O)c1ccc(CCNC(=O)Cn2cnc3ccccc3c2=O)cc1. The minimum atomic E-state index is -3.72. The van der Waals surface area contributed by atoms with Crippen LogP contribution in [-0.2, 0) is 27.8 Å². The summed E-state index contributed by atoms with van der Waals surface area (Å²) in [5.74, 6) is -0.310. The molecule has 2 aromatic carbocycles. The van der Waals surface area contributed by atoms with E-state index in [2.05, 4.69) is 10.3 Å². The summed E-state index contributed by atoms with van der Waals surface area (Å²) in [7, 11) is -3.72. The molecule has 0 aliphatic heterocycles. The van der Waals surface area contributed by atoms with Gasteiger partial charge in [0.25, 0.3) is 5.56 Å². The summed E-state index contributed by atoms with van der Waals surface area (Å²) < 4.78 is 23.7. The zero-order chi connectivity index (χ0) is 19.4. The molecule has 0 fully saturated rings. The first-order valence-corrected chi connectivity index (χ1v) is 9.72. The van der Waals surface area contributed by atoms with E-state index >= 15 is 0 Å². The second kappa shape index (κ2) is 7.68. The predicted octanol–water partition coefficient (Wildman–Crippen LogP) is 0.403. The molecule has 0 saturated carbocycles. The molecule has 0 aliphatic carbocycles. The number of carbonyl (C=O) groups excluding carboxylic acids is 1. The number of hydrogen-bond acceptors (Lipinski definition) is 5. The molecule has 1 heterocycles. The molecule has 0 radical (unpaired) electrons. The Morgan fingerprint density at radius 2 is 1.81 bits per heavy atom. The van der Waals surface area contributed by atoms with E-state index < -0.39 is 10.0 Å². The Hall–Kier alpha value is -3.04. The molecule has 8 nitrogen and oxygen atoms in total. The first-order chi connectivity index (χ1) is 12.8. The number of benzene rings is 2. The van der Waals surface area contributed by atoms with E-state index in [1.807, 2.05) is 0 Å². The van der Waals surface area contributed by atoms with Gasteiger partial charge in [-0.15, -0.1) is 0 Å². The van der Waals surface area contributed by atoms with Crippen molar-refractivity contribution in [3.63, 3.8) is 0 Å². The van der Waals surface area contributed by atoms with Gasteiger partial charge in [0, 0.05) is 6.54 Å². The Kier molecular flexibility index (Phi) is 5.33. The van der Waals surface area contributed by atoms with Crippen molar-refractivity contribution >= 4 is 26.8 Å². The lowest BCUT2D eigenvalue weighted by molar-refractivity contribution is -0.121.